The number of hydrogen-bond acceptors (Lipinski definition) is 3. The number of aromatic hydroxyl groups is 1. The highest BCUT2D eigenvalue weighted by molar-refractivity contribution is 5.87. The van der Waals surface area contributed by atoms with E-state index in [-0.39, 0.29) is 29.4 Å². The maximum Gasteiger partial charge on any atom is 0.240 e. The molecule has 1 saturated carbocycles. The summed E-state index contributed by atoms with van der Waals surface area (Å²) < 4.78 is 14.4. The molecule has 0 aromatic heterocycles. The number of rotatable bonds is 4. The molecule has 2 aromatic carbocycles. The van der Waals surface area contributed by atoms with Crippen LogP contribution >= 0.6 is 0 Å². The fourth-order valence-corrected chi connectivity index (χ4v) is 3.72. The van der Waals surface area contributed by atoms with Gasteiger partial charge in [-0.15, -0.1) is 0 Å². The van der Waals surface area contributed by atoms with Crippen molar-refractivity contribution in [2.24, 2.45) is 11.7 Å². The van der Waals surface area contributed by atoms with Crippen molar-refractivity contribution in [2.75, 3.05) is 6.54 Å². The fourth-order valence-electron chi connectivity index (χ4n) is 3.72. The lowest BCUT2D eigenvalue weighted by Crippen LogP contribution is -2.45. The van der Waals surface area contributed by atoms with Crippen LogP contribution in [-0.4, -0.2) is 28.5 Å². The molecule has 0 bridgehead atoms. The Balaban J connectivity index is 1.73. The van der Waals surface area contributed by atoms with Crippen LogP contribution in [0.2, 0.25) is 0 Å². The number of phenolic OH excluding ortho intramolecular Hbond substituents is 1. The second-order valence-corrected chi connectivity index (χ2v) is 7.54. The lowest BCUT2D eigenvalue weighted by molar-refractivity contribution is -0.133. The summed E-state index contributed by atoms with van der Waals surface area (Å²) in [5.74, 6) is -0.0514. The largest absolute Gasteiger partial charge is 0.508 e. The van der Waals surface area contributed by atoms with Gasteiger partial charge in [-0.25, -0.2) is 4.39 Å². The van der Waals surface area contributed by atoms with Crippen LogP contribution in [0.25, 0.3) is 5.57 Å². The monoisotopic (exact) mass is 366 g/mol. The Kier molecular flexibility index (Phi) is 4.48. The van der Waals surface area contributed by atoms with Gasteiger partial charge < -0.3 is 15.7 Å². The first kappa shape index (κ1) is 17.7. The molecule has 1 heterocycles. The fraction of sp³-hybridized carbons (Fsp3) is 0.318. The van der Waals surface area contributed by atoms with E-state index in [4.69, 9.17) is 5.73 Å². The molecule has 140 valence electrons. The molecule has 4 nitrogen and oxygen atoms in total. The van der Waals surface area contributed by atoms with Crippen LogP contribution in [-0.2, 0) is 4.79 Å². The van der Waals surface area contributed by atoms with Gasteiger partial charge in [0.15, 0.2) is 0 Å². The Bertz CT molecular complexity index is 920. The number of halogens is 1. The van der Waals surface area contributed by atoms with E-state index in [0.717, 1.165) is 29.5 Å². The van der Waals surface area contributed by atoms with E-state index in [1.54, 1.807) is 35.2 Å². The van der Waals surface area contributed by atoms with Crippen LogP contribution in [0.15, 0.2) is 48.5 Å². The standard InChI is InChI=1S/C22H23FN2O2/c1-13-5-8-19(23)18(9-13)16-11-20(15-3-2-4-17(26)10-15)25(12-16)22(27)21(24)14-6-7-14/h2-5,8-11,14,20-21,26H,6-7,12,24H2,1H3/t20-,21-/m0/s1. The zero-order valence-corrected chi connectivity index (χ0v) is 15.2. The van der Waals surface area contributed by atoms with Crippen LogP contribution in [0.1, 0.15) is 35.6 Å². The first-order valence-electron chi connectivity index (χ1n) is 9.26. The van der Waals surface area contributed by atoms with E-state index in [1.807, 2.05) is 19.1 Å². The number of aryl methyl sites for hydroxylation is 1. The Hall–Kier alpha value is -2.66. The van der Waals surface area contributed by atoms with E-state index in [1.165, 1.54) is 6.07 Å². The first-order valence-corrected chi connectivity index (χ1v) is 9.26. The molecule has 27 heavy (non-hydrogen) atoms. The third kappa shape index (κ3) is 3.47. The number of benzene rings is 2. The SMILES string of the molecule is Cc1ccc(F)c(C2=C[C@@H](c3cccc(O)c3)N(C(=O)[C@@H](N)C3CC3)C2)c1. The quantitative estimate of drug-likeness (QED) is 0.870. The zero-order valence-electron chi connectivity index (χ0n) is 15.2. The molecule has 0 unspecified atom stereocenters. The van der Waals surface area contributed by atoms with Gasteiger partial charge in [0.25, 0.3) is 0 Å². The molecular weight excluding hydrogens is 343 g/mol. The lowest BCUT2D eigenvalue weighted by Gasteiger charge is -2.28. The molecule has 0 spiro atoms. The number of carbonyl (C=O) groups excluding carboxylic acids is 1. The average Bonchev–Trinajstić information content (AvgIpc) is 3.41. The van der Waals surface area contributed by atoms with Crippen molar-refractivity contribution in [2.45, 2.75) is 31.8 Å². The van der Waals surface area contributed by atoms with E-state index in [2.05, 4.69) is 0 Å². The normalized spacial score (nSPS) is 20.5. The van der Waals surface area contributed by atoms with Crippen LogP contribution in [0.3, 0.4) is 0 Å². The zero-order chi connectivity index (χ0) is 19.1. The van der Waals surface area contributed by atoms with Gasteiger partial charge in [-0.3, -0.25) is 4.79 Å². The van der Waals surface area contributed by atoms with Gasteiger partial charge in [-0.2, -0.15) is 0 Å². The highest BCUT2D eigenvalue weighted by Crippen LogP contribution is 2.39. The van der Waals surface area contributed by atoms with Crippen LogP contribution in [0, 0.1) is 18.7 Å². The minimum atomic E-state index is -0.528. The molecule has 0 saturated heterocycles. The Morgan fingerprint density at radius 2 is 2.04 bits per heavy atom. The predicted molar refractivity (Wildman–Crippen MR) is 102 cm³/mol. The van der Waals surface area contributed by atoms with Crippen molar-refractivity contribution in [3.05, 3.63) is 71.0 Å². The summed E-state index contributed by atoms with van der Waals surface area (Å²) in [6.07, 6.45) is 3.86. The highest BCUT2D eigenvalue weighted by Gasteiger charge is 2.40. The van der Waals surface area contributed by atoms with Crippen molar-refractivity contribution >= 4 is 11.5 Å². The molecule has 0 radical (unpaired) electrons. The number of nitrogens with two attached hydrogens (primary N) is 1. The van der Waals surface area contributed by atoms with Crippen LogP contribution < -0.4 is 5.73 Å². The van der Waals surface area contributed by atoms with Crippen molar-refractivity contribution in [3.63, 3.8) is 0 Å². The Morgan fingerprint density at radius 3 is 2.74 bits per heavy atom. The molecule has 1 fully saturated rings. The maximum atomic E-state index is 14.4. The van der Waals surface area contributed by atoms with Crippen molar-refractivity contribution in [3.8, 4) is 5.75 Å². The number of carbonyl (C=O) groups is 1. The van der Waals surface area contributed by atoms with Crippen molar-refractivity contribution in [1.82, 2.24) is 4.90 Å². The van der Waals surface area contributed by atoms with Gasteiger partial charge in [0.05, 0.1) is 12.1 Å². The third-order valence-electron chi connectivity index (χ3n) is 5.41. The second kappa shape index (κ2) is 6.82. The summed E-state index contributed by atoms with van der Waals surface area (Å²) in [7, 11) is 0. The Labute approximate surface area is 158 Å². The predicted octanol–water partition coefficient (Wildman–Crippen LogP) is 3.54. The molecule has 1 amide bonds. The smallest absolute Gasteiger partial charge is 0.240 e. The number of phenols is 1. The molecular formula is C22H23FN2O2. The number of hydrogen-bond donors (Lipinski definition) is 2. The summed E-state index contributed by atoms with van der Waals surface area (Å²) in [6, 6.07) is 10.9. The third-order valence-corrected chi connectivity index (χ3v) is 5.41. The van der Waals surface area contributed by atoms with Crippen LogP contribution in [0.4, 0.5) is 4.39 Å². The van der Waals surface area contributed by atoms with E-state index in [0.29, 0.717) is 12.1 Å². The summed E-state index contributed by atoms with van der Waals surface area (Å²) in [5, 5.41) is 9.86. The van der Waals surface area contributed by atoms with Crippen molar-refractivity contribution in [1.29, 1.82) is 0 Å². The lowest BCUT2D eigenvalue weighted by atomic mass is 10.0. The van der Waals surface area contributed by atoms with Gasteiger partial charge >= 0.3 is 0 Å². The molecule has 2 aliphatic rings. The topological polar surface area (TPSA) is 66.6 Å². The molecule has 5 heteroatoms. The van der Waals surface area contributed by atoms with E-state index in [9.17, 15) is 14.3 Å². The average molecular weight is 366 g/mol. The van der Waals surface area contributed by atoms with Gasteiger partial charge in [0.2, 0.25) is 5.91 Å². The summed E-state index contributed by atoms with van der Waals surface area (Å²) in [5.41, 5.74) is 9.19. The summed E-state index contributed by atoms with van der Waals surface area (Å²) in [4.78, 5) is 14.7. The van der Waals surface area contributed by atoms with Gasteiger partial charge in [-0.1, -0.05) is 29.8 Å². The van der Waals surface area contributed by atoms with Crippen LogP contribution in [0.5, 0.6) is 5.75 Å². The maximum absolute atomic E-state index is 14.4. The number of nitrogens with zero attached hydrogens (tertiary/aromatic N) is 1. The van der Waals surface area contributed by atoms with Gasteiger partial charge in [0.1, 0.15) is 11.6 Å². The molecule has 1 aliphatic carbocycles. The second-order valence-electron chi connectivity index (χ2n) is 7.54. The summed E-state index contributed by atoms with van der Waals surface area (Å²) >= 11 is 0. The van der Waals surface area contributed by atoms with E-state index < -0.39 is 6.04 Å². The first-order chi connectivity index (χ1) is 12.9. The Morgan fingerprint density at radius 1 is 1.26 bits per heavy atom. The molecule has 2 atom stereocenters. The highest BCUT2D eigenvalue weighted by atomic mass is 19.1. The molecule has 2 aromatic rings. The molecule has 1 aliphatic heterocycles. The van der Waals surface area contributed by atoms with Gasteiger partial charge in [0, 0.05) is 12.1 Å². The number of amides is 1. The molecule has 4 rings (SSSR count). The van der Waals surface area contributed by atoms with Gasteiger partial charge in [-0.05, 0) is 61.1 Å². The van der Waals surface area contributed by atoms with Crippen molar-refractivity contribution < 1.29 is 14.3 Å². The minimum Gasteiger partial charge on any atom is -0.508 e. The van der Waals surface area contributed by atoms with E-state index >= 15 is 0 Å². The molecule has 3 N–H and O–H groups in total. The minimum absolute atomic E-state index is 0.120. The summed E-state index contributed by atoms with van der Waals surface area (Å²) in [6.45, 7) is 2.22.